The molecule has 0 N–H and O–H groups in total. The lowest BCUT2D eigenvalue weighted by molar-refractivity contribution is 1.61. The minimum Gasteiger partial charge on any atom is -0.126 e. The number of halogens is 3. The van der Waals surface area contributed by atoms with E-state index in [1.54, 1.807) is 0 Å². The average Bonchev–Trinajstić information content (AvgIpc) is 1.59. The van der Waals surface area contributed by atoms with Crippen molar-refractivity contribution in [2.24, 2.45) is 0 Å². The van der Waals surface area contributed by atoms with Gasteiger partial charge in [0.05, 0.1) is 0 Å². The van der Waals surface area contributed by atoms with Gasteiger partial charge in [0.1, 0.15) is 0 Å². The topological polar surface area (TPSA) is 0 Å². The van der Waals surface area contributed by atoms with E-state index in [2.05, 4.69) is 0 Å². The lowest BCUT2D eigenvalue weighted by atomic mass is 10.6. The summed E-state index contributed by atoms with van der Waals surface area (Å²) in [5, 5.41) is 0. The Morgan fingerprint density at radius 3 is 2.00 bits per heavy atom. The van der Waals surface area contributed by atoms with Crippen molar-refractivity contribution in [2.75, 3.05) is 0 Å². The van der Waals surface area contributed by atoms with Crippen molar-refractivity contribution in [1.29, 1.82) is 0 Å². The molecule has 0 rings (SSSR count). The lowest BCUT2D eigenvalue weighted by Gasteiger charge is -2.00. The number of hydrogen-bond acceptors (Lipinski definition) is 0. The van der Waals surface area contributed by atoms with Gasteiger partial charge < -0.3 is 0 Å². The smallest absolute Gasteiger partial charge is 0.126 e. The Kier molecular flexibility index (Phi) is 4.17. The standard InChI is InChI=1S/C4H7Cl3Si/c1-2-3-4-8(5,6)7/h2-3H,4H2,1H3/b3-2+. The van der Waals surface area contributed by atoms with Gasteiger partial charge in [0.2, 0.25) is 0 Å². The molecular formula is C4H7Cl3Si. The Hall–Kier alpha value is 0.827. The molecule has 0 atom stereocenters. The van der Waals surface area contributed by atoms with E-state index in [0.29, 0.717) is 6.04 Å². The van der Waals surface area contributed by atoms with Crippen LogP contribution in [0.25, 0.3) is 0 Å². The molecule has 0 aliphatic carbocycles. The van der Waals surface area contributed by atoms with Crippen LogP contribution in [0, 0.1) is 0 Å². The fourth-order valence-electron chi connectivity index (χ4n) is 0.251. The molecule has 0 heterocycles. The van der Waals surface area contributed by atoms with Gasteiger partial charge in [-0.05, 0) is 6.92 Å². The first-order valence-electron chi connectivity index (χ1n) is 2.24. The van der Waals surface area contributed by atoms with E-state index in [4.69, 9.17) is 33.2 Å². The molecule has 4 heteroatoms. The van der Waals surface area contributed by atoms with E-state index in [-0.39, 0.29) is 0 Å². The Balaban J connectivity index is 3.39. The monoisotopic (exact) mass is 188 g/mol. The number of rotatable bonds is 2. The minimum atomic E-state index is -2.35. The second kappa shape index (κ2) is 3.78. The molecule has 0 aliphatic rings. The molecule has 0 aromatic rings. The van der Waals surface area contributed by atoms with Crippen LogP contribution < -0.4 is 0 Å². The highest BCUT2D eigenvalue weighted by Crippen LogP contribution is 2.24. The van der Waals surface area contributed by atoms with Crippen LogP contribution in [0.3, 0.4) is 0 Å². The van der Waals surface area contributed by atoms with Gasteiger partial charge in [0.25, 0.3) is 0 Å². The molecule has 8 heavy (non-hydrogen) atoms. The van der Waals surface area contributed by atoms with Crippen molar-refractivity contribution in [2.45, 2.75) is 13.0 Å². The fourth-order valence-corrected chi connectivity index (χ4v) is 1.56. The molecule has 0 amide bonds. The third kappa shape index (κ3) is 6.83. The van der Waals surface area contributed by atoms with Gasteiger partial charge in [-0.3, -0.25) is 0 Å². The van der Waals surface area contributed by atoms with Gasteiger partial charge in [0, 0.05) is 6.04 Å². The number of allylic oxidation sites excluding steroid dienone is 2. The Morgan fingerprint density at radius 1 is 1.38 bits per heavy atom. The molecule has 0 fully saturated rings. The molecular weight excluding hydrogens is 182 g/mol. The first kappa shape index (κ1) is 8.83. The highest BCUT2D eigenvalue weighted by molar-refractivity contribution is 7.64. The fraction of sp³-hybridized carbons (Fsp3) is 0.500. The summed E-state index contributed by atoms with van der Waals surface area (Å²) in [6.07, 6.45) is 3.76. The molecule has 0 nitrogen and oxygen atoms in total. The van der Waals surface area contributed by atoms with Crippen molar-refractivity contribution in [3.05, 3.63) is 12.2 Å². The summed E-state index contributed by atoms with van der Waals surface area (Å²) >= 11 is 16.6. The van der Waals surface area contributed by atoms with Crippen LogP contribution in [0.4, 0.5) is 0 Å². The van der Waals surface area contributed by atoms with E-state index >= 15 is 0 Å². The SMILES string of the molecule is C/C=C/C[Si](Cl)(Cl)Cl. The van der Waals surface area contributed by atoms with Crippen LogP contribution in [-0.4, -0.2) is 6.00 Å². The van der Waals surface area contributed by atoms with Crippen LogP contribution in [0.1, 0.15) is 6.92 Å². The normalized spacial score (nSPS) is 13.0. The van der Waals surface area contributed by atoms with E-state index in [0.717, 1.165) is 0 Å². The van der Waals surface area contributed by atoms with Gasteiger partial charge in [-0.1, -0.05) is 12.2 Å². The van der Waals surface area contributed by atoms with E-state index in [1.165, 1.54) is 0 Å². The second-order valence-corrected chi connectivity index (χ2v) is 10.6. The molecule has 0 aromatic carbocycles. The zero-order valence-corrected chi connectivity index (χ0v) is 7.76. The number of hydrogen-bond donors (Lipinski definition) is 0. The second-order valence-electron chi connectivity index (χ2n) is 1.39. The summed E-state index contributed by atoms with van der Waals surface area (Å²) in [5.41, 5.74) is 0. The Morgan fingerprint density at radius 2 is 1.88 bits per heavy atom. The zero-order valence-electron chi connectivity index (χ0n) is 4.50. The molecule has 0 aliphatic heterocycles. The highest BCUT2D eigenvalue weighted by Gasteiger charge is 2.21. The predicted octanol–water partition coefficient (Wildman–Crippen LogP) is 3.22. The Labute approximate surface area is 64.6 Å². The maximum absolute atomic E-state index is 5.53. The van der Waals surface area contributed by atoms with Crippen LogP contribution in [0.2, 0.25) is 6.04 Å². The van der Waals surface area contributed by atoms with Crippen molar-refractivity contribution < 1.29 is 0 Å². The van der Waals surface area contributed by atoms with Gasteiger partial charge in [-0.25, -0.2) is 0 Å². The summed E-state index contributed by atoms with van der Waals surface area (Å²) in [6, 6.07) is -1.73. The van der Waals surface area contributed by atoms with E-state index < -0.39 is 6.00 Å². The van der Waals surface area contributed by atoms with Crippen molar-refractivity contribution in [3.63, 3.8) is 0 Å². The highest BCUT2D eigenvalue weighted by atomic mass is 35.8. The van der Waals surface area contributed by atoms with Crippen LogP contribution >= 0.6 is 33.2 Å². The third-order valence-electron chi connectivity index (χ3n) is 0.585. The van der Waals surface area contributed by atoms with E-state index in [1.807, 2.05) is 19.1 Å². The average molecular weight is 190 g/mol. The molecule has 0 aromatic heterocycles. The van der Waals surface area contributed by atoms with Gasteiger partial charge in [0.15, 0.2) is 0 Å². The molecule has 48 valence electrons. The van der Waals surface area contributed by atoms with Crippen molar-refractivity contribution in [1.82, 2.24) is 0 Å². The molecule has 0 spiro atoms. The maximum atomic E-state index is 5.53. The van der Waals surface area contributed by atoms with Gasteiger partial charge in [-0.2, -0.15) is 0 Å². The largest absolute Gasteiger partial charge is 0.344 e. The molecule has 0 saturated carbocycles. The zero-order chi connectivity index (χ0) is 6.62. The summed E-state index contributed by atoms with van der Waals surface area (Å²) in [6.45, 7) is 1.91. The van der Waals surface area contributed by atoms with Gasteiger partial charge >= 0.3 is 6.00 Å². The predicted molar refractivity (Wildman–Crippen MR) is 42.9 cm³/mol. The van der Waals surface area contributed by atoms with Gasteiger partial charge in [-0.15, -0.1) is 33.2 Å². The minimum absolute atomic E-state index is 0.619. The van der Waals surface area contributed by atoms with Crippen LogP contribution in [-0.2, 0) is 0 Å². The van der Waals surface area contributed by atoms with Crippen molar-refractivity contribution >= 4 is 39.2 Å². The summed E-state index contributed by atoms with van der Waals surface area (Å²) in [5.74, 6) is 0. The summed E-state index contributed by atoms with van der Waals surface area (Å²) in [4.78, 5) is 0. The first-order valence-corrected chi connectivity index (χ1v) is 7.48. The maximum Gasteiger partial charge on any atom is 0.344 e. The molecule has 0 radical (unpaired) electrons. The molecule has 0 saturated heterocycles. The summed E-state index contributed by atoms with van der Waals surface area (Å²) in [7, 11) is 0. The summed E-state index contributed by atoms with van der Waals surface area (Å²) < 4.78 is 0. The molecule has 0 unspecified atom stereocenters. The lowest BCUT2D eigenvalue weighted by Crippen LogP contribution is -2.05. The first-order chi connectivity index (χ1) is 3.56. The third-order valence-corrected chi connectivity index (χ3v) is 2.67. The van der Waals surface area contributed by atoms with Crippen molar-refractivity contribution in [3.8, 4) is 0 Å². The molecule has 0 bridgehead atoms. The van der Waals surface area contributed by atoms with E-state index in [9.17, 15) is 0 Å². The van der Waals surface area contributed by atoms with Crippen LogP contribution in [0.5, 0.6) is 0 Å². The Bertz CT molecular complexity index is 83.8. The quantitative estimate of drug-likeness (QED) is 0.356. The van der Waals surface area contributed by atoms with Crippen LogP contribution in [0.15, 0.2) is 12.2 Å².